The number of amides is 1. The van der Waals surface area contributed by atoms with E-state index in [9.17, 15) is 4.79 Å². The van der Waals surface area contributed by atoms with Crippen molar-refractivity contribution in [3.05, 3.63) is 12.7 Å². The molecule has 1 aliphatic rings. The Labute approximate surface area is 84.7 Å². The number of carbonyl (C=O) groups excluding carboxylic acids is 1. The largest absolute Gasteiger partial charge is 0.381 e. The lowest BCUT2D eigenvalue weighted by atomic mass is 10.1. The molecule has 1 atom stereocenters. The van der Waals surface area contributed by atoms with Crippen molar-refractivity contribution < 1.29 is 9.53 Å². The maximum atomic E-state index is 11.2. The monoisotopic (exact) mass is 198 g/mol. The van der Waals surface area contributed by atoms with E-state index in [2.05, 4.69) is 17.2 Å². The van der Waals surface area contributed by atoms with Gasteiger partial charge in [0.1, 0.15) is 0 Å². The van der Waals surface area contributed by atoms with Crippen LogP contribution in [0.15, 0.2) is 12.7 Å². The predicted molar refractivity (Wildman–Crippen MR) is 55.0 cm³/mol. The van der Waals surface area contributed by atoms with E-state index in [0.29, 0.717) is 19.0 Å². The third-order valence-corrected chi connectivity index (χ3v) is 2.19. The summed E-state index contributed by atoms with van der Waals surface area (Å²) in [6, 6.07) is 0. The summed E-state index contributed by atoms with van der Waals surface area (Å²) in [5, 5.41) is 5.82. The van der Waals surface area contributed by atoms with Gasteiger partial charge in [0.15, 0.2) is 0 Å². The van der Waals surface area contributed by atoms with Gasteiger partial charge in [-0.25, -0.2) is 0 Å². The lowest BCUT2D eigenvalue weighted by molar-refractivity contribution is -0.120. The van der Waals surface area contributed by atoms with Gasteiger partial charge in [0, 0.05) is 25.6 Å². The molecule has 80 valence electrons. The van der Waals surface area contributed by atoms with Gasteiger partial charge in [0.25, 0.3) is 0 Å². The molecule has 1 heterocycles. The summed E-state index contributed by atoms with van der Waals surface area (Å²) >= 11 is 0. The van der Waals surface area contributed by atoms with Gasteiger partial charge in [-0.1, -0.05) is 6.08 Å². The molecule has 1 unspecified atom stereocenters. The minimum atomic E-state index is 0.0405. The van der Waals surface area contributed by atoms with Crippen molar-refractivity contribution in [3.8, 4) is 0 Å². The molecule has 4 nitrogen and oxygen atoms in total. The summed E-state index contributed by atoms with van der Waals surface area (Å²) in [6.07, 6.45) is 2.79. The molecule has 0 aromatic carbocycles. The Morgan fingerprint density at radius 1 is 1.64 bits per heavy atom. The van der Waals surface area contributed by atoms with E-state index in [0.717, 1.165) is 26.2 Å². The molecule has 0 aromatic heterocycles. The molecule has 1 saturated heterocycles. The second-order valence-electron chi connectivity index (χ2n) is 3.45. The molecule has 1 amide bonds. The molecule has 0 radical (unpaired) electrons. The second-order valence-corrected chi connectivity index (χ2v) is 3.45. The minimum absolute atomic E-state index is 0.0405. The van der Waals surface area contributed by atoms with Crippen LogP contribution in [0.2, 0.25) is 0 Å². The molecule has 0 spiro atoms. The van der Waals surface area contributed by atoms with Gasteiger partial charge in [-0.15, -0.1) is 6.58 Å². The maximum absolute atomic E-state index is 11.2. The molecule has 0 saturated carbocycles. The van der Waals surface area contributed by atoms with Crippen molar-refractivity contribution in [2.45, 2.75) is 6.42 Å². The lowest BCUT2D eigenvalue weighted by Crippen LogP contribution is -2.36. The topological polar surface area (TPSA) is 50.4 Å². The van der Waals surface area contributed by atoms with Crippen LogP contribution in [-0.2, 0) is 9.53 Å². The van der Waals surface area contributed by atoms with Crippen molar-refractivity contribution in [1.29, 1.82) is 0 Å². The van der Waals surface area contributed by atoms with Crippen LogP contribution in [0.5, 0.6) is 0 Å². The fraction of sp³-hybridized carbons (Fsp3) is 0.700. The highest BCUT2D eigenvalue weighted by Gasteiger charge is 2.15. The number of ether oxygens (including phenoxy) is 1. The number of nitrogens with one attached hydrogen (secondary N) is 2. The van der Waals surface area contributed by atoms with Crippen LogP contribution in [0.1, 0.15) is 6.42 Å². The first kappa shape index (κ1) is 11.2. The summed E-state index contributed by atoms with van der Waals surface area (Å²) in [6.45, 7) is 6.92. The van der Waals surface area contributed by atoms with Gasteiger partial charge >= 0.3 is 0 Å². The highest BCUT2D eigenvalue weighted by Crippen LogP contribution is 2.10. The standard InChI is InChI=1S/C10H18N2O2/c1-2-4-11-7-10(13)12-6-9-3-5-14-8-9/h2,9,11H,1,3-8H2,(H,12,13). The first-order valence-electron chi connectivity index (χ1n) is 4.99. The van der Waals surface area contributed by atoms with Crippen LogP contribution in [0.25, 0.3) is 0 Å². The summed E-state index contributed by atoms with van der Waals surface area (Å²) < 4.78 is 5.21. The molecule has 1 rings (SSSR count). The summed E-state index contributed by atoms with van der Waals surface area (Å²) in [7, 11) is 0. The van der Waals surface area contributed by atoms with Gasteiger partial charge in [-0.3, -0.25) is 4.79 Å². The van der Waals surface area contributed by atoms with Crippen molar-refractivity contribution in [2.24, 2.45) is 5.92 Å². The maximum Gasteiger partial charge on any atom is 0.233 e. The quantitative estimate of drug-likeness (QED) is 0.463. The Morgan fingerprint density at radius 3 is 3.14 bits per heavy atom. The average Bonchev–Trinajstić information content (AvgIpc) is 2.68. The van der Waals surface area contributed by atoms with Crippen molar-refractivity contribution >= 4 is 5.91 Å². The van der Waals surface area contributed by atoms with Crippen LogP contribution >= 0.6 is 0 Å². The van der Waals surface area contributed by atoms with Gasteiger partial charge in [0.2, 0.25) is 5.91 Å². The number of carbonyl (C=O) groups is 1. The number of hydrogen-bond acceptors (Lipinski definition) is 3. The number of rotatable bonds is 6. The zero-order valence-corrected chi connectivity index (χ0v) is 8.42. The molecule has 0 aromatic rings. The molecule has 0 bridgehead atoms. The third-order valence-electron chi connectivity index (χ3n) is 2.19. The first-order valence-corrected chi connectivity index (χ1v) is 4.99. The highest BCUT2D eigenvalue weighted by atomic mass is 16.5. The minimum Gasteiger partial charge on any atom is -0.381 e. The zero-order chi connectivity index (χ0) is 10.2. The van der Waals surface area contributed by atoms with Crippen LogP contribution in [0.4, 0.5) is 0 Å². The fourth-order valence-corrected chi connectivity index (χ4v) is 1.35. The van der Waals surface area contributed by atoms with Crippen LogP contribution in [0, 0.1) is 5.92 Å². The van der Waals surface area contributed by atoms with E-state index in [4.69, 9.17) is 4.74 Å². The van der Waals surface area contributed by atoms with Gasteiger partial charge in [0.05, 0.1) is 13.2 Å². The van der Waals surface area contributed by atoms with E-state index in [1.807, 2.05) is 0 Å². The molecule has 2 N–H and O–H groups in total. The summed E-state index contributed by atoms with van der Waals surface area (Å²) in [4.78, 5) is 11.2. The predicted octanol–water partition coefficient (Wildman–Crippen LogP) is -0.0853. The molecule has 4 heteroatoms. The van der Waals surface area contributed by atoms with Gasteiger partial charge in [-0.2, -0.15) is 0 Å². The van der Waals surface area contributed by atoms with Crippen molar-refractivity contribution in [2.75, 3.05) is 32.8 Å². The highest BCUT2D eigenvalue weighted by molar-refractivity contribution is 5.77. The van der Waals surface area contributed by atoms with E-state index in [1.54, 1.807) is 6.08 Å². The summed E-state index contributed by atoms with van der Waals surface area (Å²) in [5.41, 5.74) is 0. The lowest BCUT2D eigenvalue weighted by Gasteiger charge is -2.09. The Balaban J connectivity index is 1.99. The Hall–Kier alpha value is -0.870. The zero-order valence-electron chi connectivity index (χ0n) is 8.42. The van der Waals surface area contributed by atoms with Gasteiger partial charge in [-0.05, 0) is 6.42 Å². The van der Waals surface area contributed by atoms with E-state index < -0.39 is 0 Å². The van der Waals surface area contributed by atoms with Crippen molar-refractivity contribution in [3.63, 3.8) is 0 Å². The third kappa shape index (κ3) is 4.39. The van der Waals surface area contributed by atoms with Gasteiger partial charge < -0.3 is 15.4 Å². The number of hydrogen-bond donors (Lipinski definition) is 2. The first-order chi connectivity index (χ1) is 6.83. The Kier molecular flexibility index (Phi) is 5.25. The van der Waals surface area contributed by atoms with Crippen LogP contribution in [0.3, 0.4) is 0 Å². The SMILES string of the molecule is C=CCNCC(=O)NCC1CCOC1. The summed E-state index contributed by atoms with van der Waals surface area (Å²) in [5.74, 6) is 0.539. The van der Waals surface area contributed by atoms with Crippen molar-refractivity contribution in [1.82, 2.24) is 10.6 Å². The molecular formula is C10H18N2O2. The molecule has 1 aliphatic heterocycles. The molecule has 1 fully saturated rings. The normalized spacial score (nSPS) is 20.7. The molecular weight excluding hydrogens is 180 g/mol. The van der Waals surface area contributed by atoms with E-state index >= 15 is 0 Å². The van der Waals surface area contributed by atoms with E-state index in [-0.39, 0.29) is 5.91 Å². The fourth-order valence-electron chi connectivity index (χ4n) is 1.35. The molecule has 14 heavy (non-hydrogen) atoms. The smallest absolute Gasteiger partial charge is 0.233 e. The van der Waals surface area contributed by atoms with Crippen LogP contribution in [-0.4, -0.2) is 38.8 Å². The molecule has 0 aliphatic carbocycles. The Morgan fingerprint density at radius 2 is 2.50 bits per heavy atom. The van der Waals surface area contributed by atoms with E-state index in [1.165, 1.54) is 0 Å². The average molecular weight is 198 g/mol. The van der Waals surface area contributed by atoms with Crippen LogP contribution < -0.4 is 10.6 Å². The second kappa shape index (κ2) is 6.56. The Bertz CT molecular complexity index is 189.